The Labute approximate surface area is 176 Å². The molecule has 0 fully saturated rings. The minimum Gasteiger partial charge on any atom is -0.464 e. The first kappa shape index (κ1) is 19.0. The summed E-state index contributed by atoms with van der Waals surface area (Å²) >= 11 is 0. The van der Waals surface area contributed by atoms with E-state index in [2.05, 4.69) is 19.9 Å². The van der Waals surface area contributed by atoms with Gasteiger partial charge in [0.15, 0.2) is 11.3 Å². The van der Waals surface area contributed by atoms with Crippen molar-refractivity contribution in [2.45, 2.75) is 19.5 Å². The van der Waals surface area contributed by atoms with Gasteiger partial charge in [0, 0.05) is 73.5 Å². The number of pyridine rings is 1. The molecule has 0 aliphatic carbocycles. The smallest absolute Gasteiger partial charge is 0.270 e. The van der Waals surface area contributed by atoms with Gasteiger partial charge in [-0.2, -0.15) is 0 Å². The van der Waals surface area contributed by atoms with Gasteiger partial charge in [-0.15, -0.1) is 0 Å². The van der Waals surface area contributed by atoms with Crippen molar-refractivity contribution in [1.82, 2.24) is 19.9 Å². The van der Waals surface area contributed by atoms with E-state index >= 15 is 0 Å². The maximum absolute atomic E-state index is 12.9. The van der Waals surface area contributed by atoms with Gasteiger partial charge < -0.3 is 4.42 Å². The Bertz CT molecular complexity index is 1350. The predicted octanol–water partition coefficient (Wildman–Crippen LogP) is 3.11. The topological polar surface area (TPSA) is 115 Å². The second kappa shape index (κ2) is 7.69. The van der Waals surface area contributed by atoms with E-state index in [0.717, 1.165) is 29.8 Å². The first-order valence-corrected chi connectivity index (χ1v) is 9.75. The minimum atomic E-state index is -0.521. The van der Waals surface area contributed by atoms with Crippen LogP contribution < -0.4 is 5.43 Å². The van der Waals surface area contributed by atoms with Crippen LogP contribution in [0.4, 0.5) is 5.69 Å². The van der Waals surface area contributed by atoms with E-state index in [-0.39, 0.29) is 16.5 Å². The van der Waals surface area contributed by atoms with Gasteiger partial charge in [0.05, 0.1) is 22.3 Å². The van der Waals surface area contributed by atoms with Crippen molar-refractivity contribution in [3.63, 3.8) is 0 Å². The zero-order chi connectivity index (χ0) is 21.4. The van der Waals surface area contributed by atoms with Gasteiger partial charge in [-0.1, -0.05) is 0 Å². The van der Waals surface area contributed by atoms with Gasteiger partial charge in [0.1, 0.15) is 5.58 Å². The molecule has 0 atom stereocenters. The number of non-ortho nitro benzene ring substituents is 1. The Morgan fingerprint density at radius 1 is 1.23 bits per heavy atom. The summed E-state index contributed by atoms with van der Waals surface area (Å²) in [5, 5.41) is 11.3. The number of nitrogens with zero attached hydrogens (tertiary/aromatic N) is 5. The van der Waals surface area contributed by atoms with Crippen LogP contribution in [0.1, 0.15) is 16.8 Å². The molecule has 0 spiro atoms. The van der Waals surface area contributed by atoms with Crippen LogP contribution in [0.15, 0.2) is 64.4 Å². The van der Waals surface area contributed by atoms with Gasteiger partial charge in [0.25, 0.3) is 5.69 Å². The van der Waals surface area contributed by atoms with Crippen LogP contribution in [0.5, 0.6) is 0 Å². The van der Waals surface area contributed by atoms with Crippen molar-refractivity contribution in [3.8, 4) is 11.4 Å². The monoisotopic (exact) mass is 415 g/mol. The Balaban J connectivity index is 1.39. The molecule has 0 bridgehead atoms. The van der Waals surface area contributed by atoms with Gasteiger partial charge in [-0.3, -0.25) is 24.8 Å². The average Bonchev–Trinajstić information content (AvgIpc) is 2.81. The highest BCUT2D eigenvalue weighted by Gasteiger charge is 2.21. The highest BCUT2D eigenvalue weighted by molar-refractivity contribution is 5.79. The van der Waals surface area contributed by atoms with Gasteiger partial charge in [-0.05, 0) is 18.2 Å². The number of fused-ring (bicyclic) bond motifs is 2. The fourth-order valence-electron chi connectivity index (χ4n) is 3.77. The highest BCUT2D eigenvalue weighted by Crippen LogP contribution is 2.23. The van der Waals surface area contributed by atoms with Crippen molar-refractivity contribution in [1.29, 1.82) is 0 Å². The lowest BCUT2D eigenvalue weighted by atomic mass is 10.1. The molecule has 4 heterocycles. The van der Waals surface area contributed by atoms with Crippen molar-refractivity contribution < 1.29 is 9.34 Å². The lowest BCUT2D eigenvalue weighted by Crippen LogP contribution is -2.32. The Hall–Kier alpha value is -3.98. The van der Waals surface area contributed by atoms with Crippen LogP contribution >= 0.6 is 0 Å². The molecule has 0 unspecified atom stereocenters. The lowest BCUT2D eigenvalue weighted by Gasteiger charge is -2.27. The number of nitro benzene ring substituents is 1. The summed E-state index contributed by atoms with van der Waals surface area (Å²) in [5.41, 5.74) is 3.29. The molecule has 1 aliphatic heterocycles. The number of hydrogen-bond donors (Lipinski definition) is 0. The molecule has 154 valence electrons. The number of nitro groups is 1. The molecule has 4 aromatic rings. The summed E-state index contributed by atoms with van der Waals surface area (Å²) in [4.78, 5) is 38.8. The van der Waals surface area contributed by atoms with E-state index in [9.17, 15) is 14.9 Å². The molecule has 31 heavy (non-hydrogen) atoms. The Kier molecular flexibility index (Phi) is 4.72. The summed E-state index contributed by atoms with van der Waals surface area (Å²) in [6, 6.07) is 7.82. The second-order valence-electron chi connectivity index (χ2n) is 7.40. The summed E-state index contributed by atoms with van der Waals surface area (Å²) in [5.74, 6) is 0.650. The molecule has 9 heteroatoms. The highest BCUT2D eigenvalue weighted by atomic mass is 16.6. The predicted molar refractivity (Wildman–Crippen MR) is 112 cm³/mol. The summed E-state index contributed by atoms with van der Waals surface area (Å²) in [6.07, 6.45) is 7.44. The molecular weight excluding hydrogens is 398 g/mol. The quantitative estimate of drug-likeness (QED) is 0.369. The number of benzene rings is 1. The van der Waals surface area contributed by atoms with Gasteiger partial charge in [-0.25, -0.2) is 9.97 Å². The molecule has 5 rings (SSSR count). The largest absolute Gasteiger partial charge is 0.464 e. The summed E-state index contributed by atoms with van der Waals surface area (Å²) in [6.45, 7) is 1.71. The summed E-state index contributed by atoms with van der Waals surface area (Å²) in [7, 11) is 0. The van der Waals surface area contributed by atoms with Crippen LogP contribution in [-0.4, -0.2) is 31.3 Å². The van der Waals surface area contributed by atoms with Crippen LogP contribution in [0.2, 0.25) is 0 Å². The second-order valence-corrected chi connectivity index (χ2v) is 7.40. The molecule has 0 radical (unpaired) electrons. The third-order valence-corrected chi connectivity index (χ3v) is 5.37. The molecule has 1 aliphatic rings. The van der Waals surface area contributed by atoms with E-state index in [4.69, 9.17) is 4.42 Å². The molecule has 0 amide bonds. The standard InChI is InChI=1S/C22H17N5O4/c28-21-16(13-31-20-4-3-17(27(29)30)8-18(20)21)12-26-7-5-19-15(11-26)10-24-22(25-19)14-2-1-6-23-9-14/h1-4,6,8-10,13H,5,7,11-12H2. The zero-order valence-corrected chi connectivity index (χ0v) is 16.4. The fourth-order valence-corrected chi connectivity index (χ4v) is 3.77. The van der Waals surface area contributed by atoms with Crippen LogP contribution in [0.3, 0.4) is 0 Å². The van der Waals surface area contributed by atoms with Crippen LogP contribution in [0.25, 0.3) is 22.4 Å². The molecule has 0 saturated carbocycles. The van der Waals surface area contributed by atoms with Crippen molar-refractivity contribution in [2.24, 2.45) is 0 Å². The average molecular weight is 415 g/mol. The summed E-state index contributed by atoms with van der Waals surface area (Å²) < 4.78 is 5.55. The lowest BCUT2D eigenvalue weighted by molar-refractivity contribution is -0.384. The molecular formula is C22H17N5O4. The maximum atomic E-state index is 12.9. The normalized spacial score (nSPS) is 13.8. The molecule has 0 saturated heterocycles. The fraction of sp³-hybridized carbons (Fsp3) is 0.182. The van der Waals surface area contributed by atoms with Crippen molar-refractivity contribution >= 4 is 16.7 Å². The SMILES string of the molecule is O=c1c(CN2CCc3nc(-c4cccnc4)ncc3C2)coc2ccc([N+](=O)[O-])cc12. The Morgan fingerprint density at radius 3 is 2.94 bits per heavy atom. The number of rotatable bonds is 4. The van der Waals surface area contributed by atoms with E-state index in [1.165, 1.54) is 24.5 Å². The van der Waals surface area contributed by atoms with Gasteiger partial charge >= 0.3 is 0 Å². The first-order chi connectivity index (χ1) is 15.1. The minimum absolute atomic E-state index is 0.134. The van der Waals surface area contributed by atoms with Crippen LogP contribution in [-0.2, 0) is 19.5 Å². The van der Waals surface area contributed by atoms with E-state index in [1.54, 1.807) is 12.4 Å². The van der Waals surface area contributed by atoms with Gasteiger partial charge in [0.2, 0.25) is 0 Å². The number of hydrogen-bond acceptors (Lipinski definition) is 8. The number of aromatic nitrogens is 3. The van der Waals surface area contributed by atoms with Crippen molar-refractivity contribution in [3.05, 3.63) is 92.3 Å². The zero-order valence-electron chi connectivity index (χ0n) is 16.4. The molecule has 3 aromatic heterocycles. The molecule has 0 N–H and O–H groups in total. The van der Waals surface area contributed by atoms with E-state index in [0.29, 0.717) is 30.1 Å². The van der Waals surface area contributed by atoms with Crippen molar-refractivity contribution in [2.75, 3.05) is 6.54 Å². The van der Waals surface area contributed by atoms with Crippen LogP contribution in [0, 0.1) is 10.1 Å². The third kappa shape index (κ3) is 3.66. The maximum Gasteiger partial charge on any atom is 0.270 e. The van der Waals surface area contributed by atoms with E-state index < -0.39 is 4.92 Å². The molecule has 1 aromatic carbocycles. The Morgan fingerprint density at radius 2 is 2.13 bits per heavy atom. The molecule has 9 nitrogen and oxygen atoms in total. The first-order valence-electron chi connectivity index (χ1n) is 9.75. The van der Waals surface area contributed by atoms with E-state index in [1.807, 2.05) is 18.3 Å². The third-order valence-electron chi connectivity index (χ3n) is 5.37.